The lowest BCUT2D eigenvalue weighted by molar-refractivity contribution is 0.621. The number of anilines is 1. The molecule has 0 amide bonds. The number of nitrogens with zero attached hydrogens (tertiary/aromatic N) is 3. The second-order valence-corrected chi connectivity index (χ2v) is 7.86. The van der Waals surface area contributed by atoms with Crippen molar-refractivity contribution in [2.45, 2.75) is 33.7 Å². The van der Waals surface area contributed by atoms with E-state index in [0.717, 1.165) is 39.5 Å². The molecule has 0 saturated heterocycles. The lowest BCUT2D eigenvalue weighted by Gasteiger charge is -2.11. The number of hydrogen-bond donors (Lipinski definition) is 1. The van der Waals surface area contributed by atoms with E-state index >= 15 is 0 Å². The zero-order valence-electron chi connectivity index (χ0n) is 16.3. The van der Waals surface area contributed by atoms with Gasteiger partial charge >= 0.3 is 0 Å². The van der Waals surface area contributed by atoms with Gasteiger partial charge in [0.05, 0.1) is 16.1 Å². The molecule has 4 aromatic rings. The summed E-state index contributed by atoms with van der Waals surface area (Å²) in [5.74, 6) is 0.602. The Balaban J connectivity index is 1.50. The number of nitrogens with one attached hydrogen (secondary N) is 1. The van der Waals surface area contributed by atoms with Gasteiger partial charge in [-0.2, -0.15) is 0 Å². The van der Waals surface area contributed by atoms with Gasteiger partial charge in [-0.05, 0) is 55.0 Å². The van der Waals surface area contributed by atoms with Crippen LogP contribution in [0.1, 0.15) is 23.7 Å². The molecule has 0 unspecified atom stereocenters. The highest BCUT2D eigenvalue weighted by Gasteiger charge is 2.12. The molecule has 4 rings (SSSR count). The molecule has 4 nitrogen and oxygen atoms in total. The smallest absolute Gasteiger partial charge is 0.147 e. The average Bonchev–Trinajstić information content (AvgIpc) is 3.31. The summed E-state index contributed by atoms with van der Waals surface area (Å²) in [5.41, 5.74) is 5.06. The van der Waals surface area contributed by atoms with E-state index in [1.54, 1.807) is 23.7 Å². The van der Waals surface area contributed by atoms with Crippen molar-refractivity contribution in [3.05, 3.63) is 64.7 Å². The van der Waals surface area contributed by atoms with Gasteiger partial charge in [-0.3, -0.25) is 0 Å². The maximum atomic E-state index is 14.4. The molecule has 0 fully saturated rings. The van der Waals surface area contributed by atoms with Crippen LogP contribution in [0.2, 0.25) is 0 Å². The maximum Gasteiger partial charge on any atom is 0.147 e. The number of rotatable bonds is 6. The highest BCUT2D eigenvalue weighted by atomic mass is 32.1. The Bertz CT molecular complexity index is 1130. The van der Waals surface area contributed by atoms with Gasteiger partial charge in [-0.1, -0.05) is 13.0 Å². The monoisotopic (exact) mass is 394 g/mol. The third-order valence-corrected chi connectivity index (χ3v) is 6.06. The summed E-state index contributed by atoms with van der Waals surface area (Å²) >= 11 is 1.70. The molecular weight excluding hydrogens is 371 g/mol. The molecule has 144 valence electrons. The van der Waals surface area contributed by atoms with Crippen LogP contribution >= 0.6 is 11.3 Å². The fraction of sp³-hybridized carbons (Fsp3) is 0.273. The summed E-state index contributed by atoms with van der Waals surface area (Å²) in [6.45, 7) is 7.49. The zero-order valence-corrected chi connectivity index (χ0v) is 17.1. The van der Waals surface area contributed by atoms with E-state index in [4.69, 9.17) is 0 Å². The van der Waals surface area contributed by atoms with E-state index in [1.165, 1.54) is 5.56 Å². The van der Waals surface area contributed by atoms with Crippen LogP contribution in [0.4, 0.5) is 10.2 Å². The highest BCUT2D eigenvalue weighted by molar-refractivity contribution is 7.13. The van der Waals surface area contributed by atoms with Gasteiger partial charge < -0.3 is 9.88 Å². The zero-order chi connectivity index (χ0) is 19.7. The molecule has 0 bridgehead atoms. The van der Waals surface area contributed by atoms with Crippen LogP contribution in [0.15, 0.2) is 42.0 Å². The molecule has 3 heterocycles. The van der Waals surface area contributed by atoms with Crippen LogP contribution in [-0.2, 0) is 13.0 Å². The SMILES string of the molecule is CCc1csc(-c2cc(NCCn3c(C)cc4c(C)ccc(F)c43)ncn2)c1. The molecule has 3 aromatic heterocycles. The maximum absolute atomic E-state index is 14.4. The van der Waals surface area contributed by atoms with Crippen LogP contribution in [0.3, 0.4) is 0 Å². The Morgan fingerprint density at radius 1 is 1.14 bits per heavy atom. The van der Waals surface area contributed by atoms with Gasteiger partial charge in [0.1, 0.15) is 18.0 Å². The van der Waals surface area contributed by atoms with Gasteiger partial charge in [0.15, 0.2) is 0 Å². The first-order valence-electron chi connectivity index (χ1n) is 9.45. The standard InChI is InChI=1S/C22H23FN4S/c1-4-16-10-20(28-12-16)19-11-21(26-13-25-19)24-7-8-27-15(3)9-17-14(2)5-6-18(23)22(17)27/h5-6,9-13H,4,7-8H2,1-3H3,(H,24,25,26). The van der Waals surface area contributed by atoms with Crippen molar-refractivity contribution >= 4 is 28.1 Å². The van der Waals surface area contributed by atoms with Crippen molar-refractivity contribution in [3.63, 3.8) is 0 Å². The Morgan fingerprint density at radius 2 is 2.00 bits per heavy atom. The number of thiophene rings is 1. The lowest BCUT2D eigenvalue weighted by atomic mass is 10.1. The number of aryl methyl sites for hydroxylation is 3. The average molecular weight is 395 g/mol. The van der Waals surface area contributed by atoms with Crippen molar-refractivity contribution in [3.8, 4) is 10.6 Å². The summed E-state index contributed by atoms with van der Waals surface area (Å²) in [5, 5.41) is 6.50. The minimum Gasteiger partial charge on any atom is -0.368 e. The molecule has 0 spiro atoms. The van der Waals surface area contributed by atoms with Crippen molar-refractivity contribution in [2.24, 2.45) is 0 Å². The minimum absolute atomic E-state index is 0.178. The Labute approximate surface area is 168 Å². The number of fused-ring (bicyclic) bond motifs is 1. The van der Waals surface area contributed by atoms with E-state index in [2.05, 4.69) is 39.7 Å². The topological polar surface area (TPSA) is 42.7 Å². The number of hydrogen-bond acceptors (Lipinski definition) is 4. The van der Waals surface area contributed by atoms with Gasteiger partial charge in [0, 0.05) is 30.2 Å². The van der Waals surface area contributed by atoms with Gasteiger partial charge in [-0.15, -0.1) is 11.3 Å². The molecule has 6 heteroatoms. The Kier molecular flexibility index (Phi) is 5.13. The minimum atomic E-state index is -0.178. The van der Waals surface area contributed by atoms with Gasteiger partial charge in [0.2, 0.25) is 0 Å². The summed E-state index contributed by atoms with van der Waals surface area (Å²) in [4.78, 5) is 9.87. The number of benzene rings is 1. The van der Waals surface area contributed by atoms with Crippen LogP contribution in [-0.4, -0.2) is 21.1 Å². The van der Waals surface area contributed by atoms with Crippen molar-refractivity contribution in [1.29, 1.82) is 0 Å². The van der Waals surface area contributed by atoms with E-state index < -0.39 is 0 Å². The van der Waals surface area contributed by atoms with E-state index in [9.17, 15) is 4.39 Å². The van der Waals surface area contributed by atoms with E-state index in [1.807, 2.05) is 30.5 Å². The summed E-state index contributed by atoms with van der Waals surface area (Å²) in [6.07, 6.45) is 2.61. The first-order valence-corrected chi connectivity index (χ1v) is 10.3. The molecule has 0 aliphatic carbocycles. The van der Waals surface area contributed by atoms with Crippen LogP contribution in [0.5, 0.6) is 0 Å². The molecule has 0 aliphatic rings. The largest absolute Gasteiger partial charge is 0.368 e. The third-order valence-electron chi connectivity index (χ3n) is 5.06. The quantitative estimate of drug-likeness (QED) is 0.463. The van der Waals surface area contributed by atoms with Crippen molar-refractivity contribution in [2.75, 3.05) is 11.9 Å². The normalized spacial score (nSPS) is 11.3. The molecule has 28 heavy (non-hydrogen) atoms. The molecular formula is C22H23FN4S. The Morgan fingerprint density at radius 3 is 2.79 bits per heavy atom. The predicted molar refractivity (Wildman–Crippen MR) is 115 cm³/mol. The molecule has 0 radical (unpaired) electrons. The van der Waals surface area contributed by atoms with Crippen LogP contribution in [0.25, 0.3) is 21.5 Å². The van der Waals surface area contributed by atoms with Crippen molar-refractivity contribution < 1.29 is 4.39 Å². The fourth-order valence-electron chi connectivity index (χ4n) is 3.47. The van der Waals surface area contributed by atoms with Crippen LogP contribution < -0.4 is 5.32 Å². The molecule has 0 atom stereocenters. The van der Waals surface area contributed by atoms with Crippen molar-refractivity contribution in [1.82, 2.24) is 14.5 Å². The third kappa shape index (κ3) is 3.52. The molecule has 1 aromatic carbocycles. The molecule has 0 saturated carbocycles. The summed E-state index contributed by atoms with van der Waals surface area (Å²) in [7, 11) is 0. The first-order chi connectivity index (χ1) is 13.6. The number of halogens is 1. The predicted octanol–water partition coefficient (Wildman–Crippen LogP) is 5.59. The highest BCUT2D eigenvalue weighted by Crippen LogP contribution is 2.27. The fourth-order valence-corrected chi connectivity index (χ4v) is 4.43. The summed E-state index contributed by atoms with van der Waals surface area (Å²) in [6, 6.07) is 9.58. The summed E-state index contributed by atoms with van der Waals surface area (Å²) < 4.78 is 16.4. The van der Waals surface area contributed by atoms with E-state index in [0.29, 0.717) is 18.6 Å². The van der Waals surface area contributed by atoms with E-state index in [-0.39, 0.29) is 5.82 Å². The second kappa shape index (κ2) is 7.72. The second-order valence-electron chi connectivity index (χ2n) is 6.95. The lowest BCUT2D eigenvalue weighted by Crippen LogP contribution is -2.12. The van der Waals surface area contributed by atoms with Gasteiger partial charge in [-0.25, -0.2) is 14.4 Å². The molecule has 0 aliphatic heterocycles. The van der Waals surface area contributed by atoms with Gasteiger partial charge in [0.25, 0.3) is 0 Å². The Hall–Kier alpha value is -2.73. The molecule has 1 N–H and O–H groups in total. The van der Waals surface area contributed by atoms with Crippen LogP contribution in [0, 0.1) is 19.7 Å². The first kappa shape index (κ1) is 18.6. The number of aromatic nitrogens is 3.